The first-order chi connectivity index (χ1) is 12.8. The number of allylic oxidation sites excluding steroid dienone is 2. The van der Waals surface area contributed by atoms with E-state index >= 15 is 0 Å². The van der Waals surface area contributed by atoms with Crippen LogP contribution < -0.4 is 0 Å². The van der Waals surface area contributed by atoms with E-state index in [0.717, 1.165) is 12.8 Å². The highest BCUT2D eigenvalue weighted by Gasteiger charge is 2.54. The van der Waals surface area contributed by atoms with Gasteiger partial charge in [0.1, 0.15) is 5.54 Å². The lowest BCUT2D eigenvalue weighted by Crippen LogP contribution is -2.53. The van der Waals surface area contributed by atoms with Gasteiger partial charge >= 0.3 is 0 Å². The predicted molar refractivity (Wildman–Crippen MR) is 109 cm³/mol. The molecule has 5 heteroatoms. The van der Waals surface area contributed by atoms with E-state index in [2.05, 4.69) is 32.1 Å². The molecular formula is C22H35N3O2. The molecule has 2 unspecified atom stereocenters. The number of ether oxygens (including phenoxy) is 1. The molecule has 2 fully saturated rings. The summed E-state index contributed by atoms with van der Waals surface area (Å²) >= 11 is 0. The SMILES string of the molecule is CC(C)C1=CC=CC(OCC2(CC3CCCCC3)C(=O)N(C)C(=N)N2C)C1. The van der Waals surface area contributed by atoms with Crippen LogP contribution in [-0.2, 0) is 9.53 Å². The van der Waals surface area contributed by atoms with Gasteiger partial charge in [0.15, 0.2) is 0 Å². The second-order valence-corrected chi connectivity index (χ2v) is 8.82. The molecule has 1 heterocycles. The molecule has 27 heavy (non-hydrogen) atoms. The summed E-state index contributed by atoms with van der Waals surface area (Å²) in [5.41, 5.74) is 0.653. The summed E-state index contributed by atoms with van der Waals surface area (Å²) in [6.07, 6.45) is 14.2. The largest absolute Gasteiger partial charge is 0.371 e. The number of carbonyl (C=O) groups excluding carboxylic acids is 1. The Balaban J connectivity index is 1.75. The summed E-state index contributed by atoms with van der Waals surface area (Å²) in [5, 5.41) is 8.33. The topological polar surface area (TPSA) is 56.6 Å². The minimum absolute atomic E-state index is 0.0110. The van der Waals surface area contributed by atoms with Crippen molar-refractivity contribution in [3.8, 4) is 0 Å². The zero-order valence-corrected chi connectivity index (χ0v) is 17.3. The molecule has 0 aromatic rings. The number of guanidine groups is 1. The molecule has 3 aliphatic rings. The molecule has 1 aliphatic heterocycles. The maximum atomic E-state index is 13.2. The fourth-order valence-corrected chi connectivity index (χ4v) is 4.75. The second kappa shape index (κ2) is 8.17. The van der Waals surface area contributed by atoms with Crippen molar-refractivity contribution < 1.29 is 9.53 Å². The Morgan fingerprint density at radius 2 is 1.96 bits per heavy atom. The zero-order valence-electron chi connectivity index (χ0n) is 17.3. The standard InChI is InChI=1S/C22H35N3O2/c1-16(2)18-11-8-12-19(13-18)27-15-22(14-17-9-6-5-7-10-17)20(26)24(3)21(23)25(22)4/h8,11-12,16-17,19,23H,5-7,9-10,13-15H2,1-4H3. The Hall–Kier alpha value is -1.62. The van der Waals surface area contributed by atoms with Gasteiger partial charge in [-0.25, -0.2) is 0 Å². The lowest BCUT2D eigenvalue weighted by atomic mass is 9.79. The molecular weight excluding hydrogens is 338 g/mol. The van der Waals surface area contributed by atoms with Crippen molar-refractivity contribution in [2.75, 3.05) is 20.7 Å². The van der Waals surface area contributed by atoms with Crippen LogP contribution >= 0.6 is 0 Å². The van der Waals surface area contributed by atoms with Gasteiger partial charge in [-0.1, -0.05) is 69.8 Å². The third-order valence-electron chi connectivity index (χ3n) is 6.68. The van der Waals surface area contributed by atoms with E-state index in [1.807, 2.05) is 11.9 Å². The fourth-order valence-electron chi connectivity index (χ4n) is 4.75. The summed E-state index contributed by atoms with van der Waals surface area (Å²) < 4.78 is 6.32. The van der Waals surface area contributed by atoms with Crippen molar-refractivity contribution in [3.05, 3.63) is 23.8 Å². The number of rotatable bonds is 6. The Bertz CT molecular complexity index is 633. The minimum atomic E-state index is -0.735. The lowest BCUT2D eigenvalue weighted by molar-refractivity contribution is -0.137. The van der Waals surface area contributed by atoms with Crippen LogP contribution in [0.25, 0.3) is 0 Å². The van der Waals surface area contributed by atoms with Crippen LogP contribution in [0, 0.1) is 17.2 Å². The van der Waals surface area contributed by atoms with Gasteiger partial charge in [-0.2, -0.15) is 0 Å². The van der Waals surface area contributed by atoms with Crippen LogP contribution in [0.3, 0.4) is 0 Å². The lowest BCUT2D eigenvalue weighted by Gasteiger charge is -2.38. The molecule has 0 bridgehead atoms. The highest BCUT2D eigenvalue weighted by atomic mass is 16.5. The molecule has 0 spiro atoms. The summed E-state index contributed by atoms with van der Waals surface area (Å²) in [6.45, 7) is 4.76. The Labute approximate surface area is 163 Å². The van der Waals surface area contributed by atoms with E-state index in [1.54, 1.807) is 7.05 Å². The molecule has 1 amide bonds. The van der Waals surface area contributed by atoms with Crippen LogP contribution in [0.4, 0.5) is 0 Å². The van der Waals surface area contributed by atoms with Gasteiger partial charge in [0.25, 0.3) is 5.91 Å². The van der Waals surface area contributed by atoms with Crippen molar-refractivity contribution >= 4 is 11.9 Å². The number of amides is 1. The van der Waals surface area contributed by atoms with Crippen molar-refractivity contribution in [1.82, 2.24) is 9.80 Å². The molecule has 2 atom stereocenters. The van der Waals surface area contributed by atoms with Crippen molar-refractivity contribution in [2.24, 2.45) is 11.8 Å². The zero-order chi connectivity index (χ0) is 19.6. The average Bonchev–Trinajstić information content (AvgIpc) is 2.83. The van der Waals surface area contributed by atoms with Crippen molar-refractivity contribution in [2.45, 2.75) is 70.4 Å². The maximum Gasteiger partial charge on any atom is 0.257 e. The average molecular weight is 374 g/mol. The van der Waals surface area contributed by atoms with Crippen molar-refractivity contribution in [1.29, 1.82) is 5.41 Å². The molecule has 0 aromatic heterocycles. The van der Waals surface area contributed by atoms with E-state index in [9.17, 15) is 4.79 Å². The van der Waals surface area contributed by atoms with E-state index < -0.39 is 5.54 Å². The van der Waals surface area contributed by atoms with E-state index in [0.29, 0.717) is 18.4 Å². The second-order valence-electron chi connectivity index (χ2n) is 8.82. The summed E-state index contributed by atoms with van der Waals surface area (Å²) in [6, 6.07) is 0. The smallest absolute Gasteiger partial charge is 0.257 e. The van der Waals surface area contributed by atoms with Gasteiger partial charge in [0, 0.05) is 14.1 Å². The summed E-state index contributed by atoms with van der Waals surface area (Å²) in [5.74, 6) is 1.34. The van der Waals surface area contributed by atoms with Gasteiger partial charge in [0.05, 0.1) is 12.7 Å². The first kappa shape index (κ1) is 20.1. The number of likely N-dealkylation sites (N-methyl/N-ethyl adjacent to an activating group) is 2. The Morgan fingerprint density at radius 3 is 2.56 bits per heavy atom. The molecule has 3 rings (SSSR count). The quantitative estimate of drug-likeness (QED) is 0.767. The summed E-state index contributed by atoms with van der Waals surface area (Å²) in [7, 11) is 3.59. The monoisotopic (exact) mass is 373 g/mol. The highest BCUT2D eigenvalue weighted by molar-refractivity contribution is 6.07. The first-order valence-corrected chi connectivity index (χ1v) is 10.4. The molecule has 5 nitrogen and oxygen atoms in total. The van der Waals surface area contributed by atoms with Gasteiger partial charge in [-0.15, -0.1) is 0 Å². The number of hydrogen-bond donors (Lipinski definition) is 1. The third kappa shape index (κ3) is 3.98. The summed E-state index contributed by atoms with van der Waals surface area (Å²) in [4.78, 5) is 16.5. The molecule has 0 aromatic carbocycles. The van der Waals surface area contributed by atoms with Crippen LogP contribution in [0.1, 0.15) is 58.8 Å². The third-order valence-corrected chi connectivity index (χ3v) is 6.68. The number of hydrogen-bond acceptors (Lipinski definition) is 3. The van der Waals surface area contributed by atoms with Gasteiger partial charge < -0.3 is 9.64 Å². The molecule has 1 saturated heterocycles. The Morgan fingerprint density at radius 1 is 1.26 bits per heavy atom. The fraction of sp³-hybridized carbons (Fsp3) is 0.727. The molecule has 1 N–H and O–H groups in total. The number of nitrogens with zero attached hydrogens (tertiary/aromatic N) is 2. The Kier molecular flexibility index (Phi) is 6.09. The highest BCUT2D eigenvalue weighted by Crippen LogP contribution is 2.38. The minimum Gasteiger partial charge on any atom is -0.371 e. The van der Waals surface area contributed by atoms with Gasteiger partial charge in [-0.05, 0) is 24.7 Å². The number of carbonyl (C=O) groups is 1. The van der Waals surface area contributed by atoms with E-state index in [-0.39, 0.29) is 18.0 Å². The van der Waals surface area contributed by atoms with E-state index in [1.165, 1.54) is 42.6 Å². The molecule has 1 saturated carbocycles. The molecule has 150 valence electrons. The van der Waals surface area contributed by atoms with Crippen molar-refractivity contribution in [3.63, 3.8) is 0 Å². The van der Waals surface area contributed by atoms with Crippen LogP contribution in [-0.4, -0.2) is 54.0 Å². The molecule has 2 aliphatic carbocycles. The van der Waals surface area contributed by atoms with Gasteiger partial charge in [0.2, 0.25) is 5.96 Å². The first-order valence-electron chi connectivity index (χ1n) is 10.4. The maximum absolute atomic E-state index is 13.2. The van der Waals surface area contributed by atoms with Crippen LogP contribution in [0.15, 0.2) is 23.8 Å². The normalized spacial score (nSPS) is 29.8. The van der Waals surface area contributed by atoms with E-state index in [4.69, 9.17) is 10.1 Å². The van der Waals surface area contributed by atoms with Crippen LogP contribution in [0.5, 0.6) is 0 Å². The molecule has 0 radical (unpaired) electrons. The van der Waals surface area contributed by atoms with Gasteiger partial charge in [-0.3, -0.25) is 15.1 Å². The van der Waals surface area contributed by atoms with Crippen LogP contribution in [0.2, 0.25) is 0 Å². The predicted octanol–water partition coefficient (Wildman–Crippen LogP) is 3.96. The number of nitrogens with one attached hydrogen (secondary N) is 1.